The molecule has 1 aliphatic rings. The van der Waals surface area contributed by atoms with Crippen molar-refractivity contribution in [3.63, 3.8) is 0 Å². The number of aromatic nitrogens is 5. The Morgan fingerprint density at radius 1 is 1.35 bits per heavy atom. The highest BCUT2D eigenvalue weighted by Crippen LogP contribution is 2.23. The normalized spacial score (nSPS) is 13.8. The van der Waals surface area contributed by atoms with Crippen LogP contribution in [0.2, 0.25) is 0 Å². The summed E-state index contributed by atoms with van der Waals surface area (Å²) in [6, 6.07) is 1.70. The topological polar surface area (TPSA) is 76.5 Å². The van der Waals surface area contributed by atoms with Gasteiger partial charge < -0.3 is 0 Å². The van der Waals surface area contributed by atoms with Crippen LogP contribution in [0.4, 0.5) is 0 Å². The Morgan fingerprint density at radius 3 is 3.25 bits per heavy atom. The maximum Gasteiger partial charge on any atom is 0.261 e. The van der Waals surface area contributed by atoms with Crippen molar-refractivity contribution < 1.29 is 0 Å². The summed E-state index contributed by atoms with van der Waals surface area (Å²) < 4.78 is 1.61. The molecule has 100 valence electrons. The molecule has 0 aromatic carbocycles. The molecular weight excluding hydrogens is 254 g/mol. The number of aryl methyl sites for hydroxylation is 1. The van der Waals surface area contributed by atoms with Crippen LogP contribution in [-0.2, 0) is 19.4 Å². The Morgan fingerprint density at radius 2 is 2.30 bits per heavy atom. The highest BCUT2D eigenvalue weighted by molar-refractivity contribution is 5.75. The summed E-state index contributed by atoms with van der Waals surface area (Å²) in [4.78, 5) is 20.7. The molecule has 6 nitrogen and oxygen atoms in total. The van der Waals surface area contributed by atoms with E-state index < -0.39 is 0 Å². The average Bonchev–Trinajstić information content (AvgIpc) is 3.07. The van der Waals surface area contributed by atoms with Crippen molar-refractivity contribution in [2.24, 2.45) is 0 Å². The van der Waals surface area contributed by atoms with E-state index in [0.29, 0.717) is 17.4 Å². The van der Waals surface area contributed by atoms with E-state index in [1.165, 1.54) is 11.3 Å². The van der Waals surface area contributed by atoms with Crippen LogP contribution in [0.5, 0.6) is 0 Å². The Labute approximate surface area is 114 Å². The van der Waals surface area contributed by atoms with Gasteiger partial charge in [0.15, 0.2) is 0 Å². The third-order valence-electron chi connectivity index (χ3n) is 3.84. The summed E-state index contributed by atoms with van der Waals surface area (Å²) in [5.41, 5.74) is 4.01. The minimum Gasteiger partial charge on any atom is -0.293 e. The minimum absolute atomic E-state index is 0.0489. The van der Waals surface area contributed by atoms with Crippen LogP contribution in [0.15, 0.2) is 29.6 Å². The minimum atomic E-state index is -0.0489. The number of fused-ring (bicyclic) bond motifs is 2. The summed E-state index contributed by atoms with van der Waals surface area (Å²) in [5.74, 6) is 0. The van der Waals surface area contributed by atoms with Crippen LogP contribution in [0.3, 0.4) is 0 Å². The number of rotatable bonds is 2. The monoisotopic (exact) mass is 267 g/mol. The smallest absolute Gasteiger partial charge is 0.261 e. The molecule has 6 heteroatoms. The molecule has 4 rings (SSSR count). The highest BCUT2D eigenvalue weighted by Gasteiger charge is 2.18. The fraction of sp³-hybridized carbons (Fsp3) is 0.286. The number of nitrogens with one attached hydrogen (secondary N) is 1. The van der Waals surface area contributed by atoms with Crippen LogP contribution in [-0.4, -0.2) is 24.7 Å². The number of aromatic amines is 1. The molecule has 0 radical (unpaired) electrons. The van der Waals surface area contributed by atoms with Gasteiger partial charge in [-0.2, -0.15) is 5.10 Å². The maximum absolute atomic E-state index is 12.4. The van der Waals surface area contributed by atoms with E-state index in [4.69, 9.17) is 0 Å². The van der Waals surface area contributed by atoms with Gasteiger partial charge in [0.05, 0.1) is 35.7 Å². The predicted octanol–water partition coefficient (Wildman–Crippen LogP) is 1.05. The van der Waals surface area contributed by atoms with Gasteiger partial charge >= 0.3 is 0 Å². The highest BCUT2D eigenvalue weighted by atomic mass is 16.1. The van der Waals surface area contributed by atoms with Gasteiger partial charge in [0.2, 0.25) is 0 Å². The van der Waals surface area contributed by atoms with Gasteiger partial charge in [-0.1, -0.05) is 0 Å². The van der Waals surface area contributed by atoms with E-state index in [1.807, 2.05) is 0 Å². The van der Waals surface area contributed by atoms with Crippen molar-refractivity contribution in [1.82, 2.24) is 24.7 Å². The zero-order chi connectivity index (χ0) is 13.5. The second-order valence-corrected chi connectivity index (χ2v) is 5.05. The van der Waals surface area contributed by atoms with Crippen LogP contribution < -0.4 is 5.56 Å². The van der Waals surface area contributed by atoms with E-state index in [-0.39, 0.29) is 5.56 Å². The van der Waals surface area contributed by atoms with E-state index in [2.05, 4.69) is 20.2 Å². The molecule has 0 spiro atoms. The van der Waals surface area contributed by atoms with Crippen LogP contribution in [0.25, 0.3) is 10.9 Å². The van der Waals surface area contributed by atoms with Gasteiger partial charge in [0.1, 0.15) is 0 Å². The Balaban J connectivity index is 1.79. The molecule has 1 aliphatic carbocycles. The summed E-state index contributed by atoms with van der Waals surface area (Å²) in [7, 11) is 0. The first-order valence-electron chi connectivity index (χ1n) is 6.67. The predicted molar refractivity (Wildman–Crippen MR) is 73.5 cm³/mol. The van der Waals surface area contributed by atoms with Crippen LogP contribution >= 0.6 is 0 Å². The number of pyridine rings is 1. The fourth-order valence-electron chi connectivity index (χ4n) is 2.80. The Hall–Kier alpha value is -2.50. The number of hydrogen-bond donors (Lipinski definition) is 1. The van der Waals surface area contributed by atoms with Crippen LogP contribution in [0.1, 0.15) is 23.4 Å². The Kier molecular flexibility index (Phi) is 2.42. The lowest BCUT2D eigenvalue weighted by Gasteiger charge is -2.05. The van der Waals surface area contributed by atoms with Crippen molar-refractivity contribution in [3.8, 4) is 0 Å². The molecule has 1 N–H and O–H groups in total. The van der Waals surface area contributed by atoms with Crippen molar-refractivity contribution in [2.45, 2.75) is 25.8 Å². The van der Waals surface area contributed by atoms with E-state index >= 15 is 0 Å². The first-order chi connectivity index (χ1) is 9.83. The van der Waals surface area contributed by atoms with Gasteiger partial charge in [-0.3, -0.25) is 19.4 Å². The van der Waals surface area contributed by atoms with E-state index in [0.717, 1.165) is 25.0 Å². The zero-order valence-corrected chi connectivity index (χ0v) is 10.8. The SMILES string of the molecule is O=c1c2ccncc2ncn1Cc1n[nH]c2c1CCC2. The van der Waals surface area contributed by atoms with Crippen molar-refractivity contribution in [3.05, 3.63) is 52.1 Å². The number of hydrogen-bond acceptors (Lipinski definition) is 4. The lowest BCUT2D eigenvalue weighted by molar-refractivity contribution is 0.713. The summed E-state index contributed by atoms with van der Waals surface area (Å²) in [6.45, 7) is 0.468. The first-order valence-corrected chi connectivity index (χ1v) is 6.67. The van der Waals surface area contributed by atoms with E-state index in [9.17, 15) is 4.79 Å². The average molecular weight is 267 g/mol. The molecule has 0 amide bonds. The Bertz CT molecular complexity index is 848. The molecular formula is C14H13N5O. The lowest BCUT2D eigenvalue weighted by atomic mass is 10.2. The van der Waals surface area contributed by atoms with Gasteiger partial charge in [-0.25, -0.2) is 4.98 Å². The van der Waals surface area contributed by atoms with Crippen LogP contribution in [0, 0.1) is 0 Å². The zero-order valence-electron chi connectivity index (χ0n) is 10.8. The molecule has 0 bridgehead atoms. The van der Waals surface area contributed by atoms with Crippen molar-refractivity contribution in [2.75, 3.05) is 0 Å². The molecule has 3 aromatic heterocycles. The third kappa shape index (κ3) is 1.65. The quantitative estimate of drug-likeness (QED) is 0.753. The lowest BCUT2D eigenvalue weighted by Crippen LogP contribution is -2.21. The van der Waals surface area contributed by atoms with Crippen molar-refractivity contribution in [1.29, 1.82) is 0 Å². The molecule has 0 unspecified atom stereocenters. The maximum atomic E-state index is 12.4. The van der Waals surface area contributed by atoms with Crippen molar-refractivity contribution >= 4 is 10.9 Å². The largest absolute Gasteiger partial charge is 0.293 e. The summed E-state index contributed by atoms with van der Waals surface area (Å²) in [6.07, 6.45) is 8.05. The fourth-order valence-corrected chi connectivity index (χ4v) is 2.80. The third-order valence-corrected chi connectivity index (χ3v) is 3.84. The van der Waals surface area contributed by atoms with Gasteiger partial charge in [-0.15, -0.1) is 0 Å². The number of nitrogens with zero attached hydrogens (tertiary/aromatic N) is 4. The van der Waals surface area contributed by atoms with Gasteiger partial charge in [-0.05, 0) is 30.9 Å². The first kappa shape index (κ1) is 11.3. The molecule has 0 saturated carbocycles. The van der Waals surface area contributed by atoms with E-state index in [1.54, 1.807) is 29.4 Å². The standard InChI is InChI=1S/C14H13N5O/c20-14-10-4-5-15-6-12(10)16-8-19(14)7-13-9-2-1-3-11(9)17-18-13/h4-6,8H,1-3,7H2,(H,17,18). The molecule has 0 aliphatic heterocycles. The van der Waals surface area contributed by atoms with Gasteiger partial charge in [0, 0.05) is 11.9 Å². The van der Waals surface area contributed by atoms with Gasteiger partial charge in [0.25, 0.3) is 5.56 Å². The summed E-state index contributed by atoms with van der Waals surface area (Å²) in [5, 5.41) is 7.99. The summed E-state index contributed by atoms with van der Waals surface area (Å²) >= 11 is 0. The molecule has 0 saturated heterocycles. The number of H-pyrrole nitrogens is 1. The second kappa shape index (κ2) is 4.26. The molecule has 3 aromatic rings. The molecule has 20 heavy (non-hydrogen) atoms. The second-order valence-electron chi connectivity index (χ2n) is 5.05. The molecule has 0 atom stereocenters. The molecule has 0 fully saturated rings. The molecule has 3 heterocycles.